The summed E-state index contributed by atoms with van der Waals surface area (Å²) < 4.78 is 2.86. The lowest BCUT2D eigenvalue weighted by Crippen LogP contribution is -2.12. The first-order chi connectivity index (χ1) is 8.95. The normalized spacial score (nSPS) is 12.2. The molecule has 0 amide bonds. The molecule has 19 heavy (non-hydrogen) atoms. The van der Waals surface area contributed by atoms with E-state index in [2.05, 4.69) is 36.9 Å². The summed E-state index contributed by atoms with van der Waals surface area (Å²) in [6.07, 6.45) is 0. The highest BCUT2D eigenvalue weighted by atomic mass is 35.5. The van der Waals surface area contributed by atoms with Gasteiger partial charge in [0.25, 0.3) is 0 Å². The van der Waals surface area contributed by atoms with Gasteiger partial charge in [0.2, 0.25) is 5.13 Å². The fourth-order valence-corrected chi connectivity index (χ4v) is 3.01. The van der Waals surface area contributed by atoms with Crippen LogP contribution in [0.15, 0.2) is 30.3 Å². The van der Waals surface area contributed by atoms with Gasteiger partial charge in [0.05, 0.1) is 15.9 Å². The standard InChI is InChI=1S/C14H14ClN3S/c1-14(2,3)11-8-12(15)18(17-11)13-16-9-6-4-5-7-10(9)19-13/h4-8H,1-3H3. The zero-order chi connectivity index (χ0) is 13.6. The molecule has 2 aromatic heterocycles. The first-order valence-electron chi connectivity index (χ1n) is 6.07. The van der Waals surface area contributed by atoms with Crippen LogP contribution in [0.1, 0.15) is 26.5 Å². The van der Waals surface area contributed by atoms with E-state index in [-0.39, 0.29) is 5.41 Å². The molecule has 3 nitrogen and oxygen atoms in total. The van der Waals surface area contributed by atoms with E-state index >= 15 is 0 Å². The van der Waals surface area contributed by atoms with Crippen LogP contribution >= 0.6 is 22.9 Å². The predicted molar refractivity (Wildman–Crippen MR) is 80.5 cm³/mol. The van der Waals surface area contributed by atoms with Crippen LogP contribution < -0.4 is 0 Å². The Balaban J connectivity index is 2.13. The Morgan fingerprint density at radius 3 is 2.58 bits per heavy atom. The van der Waals surface area contributed by atoms with E-state index in [0.717, 1.165) is 21.0 Å². The van der Waals surface area contributed by atoms with Crippen molar-refractivity contribution < 1.29 is 0 Å². The fourth-order valence-electron chi connectivity index (χ4n) is 1.81. The Kier molecular flexibility index (Phi) is 2.87. The molecule has 0 atom stereocenters. The molecule has 0 N–H and O–H groups in total. The van der Waals surface area contributed by atoms with Crippen LogP contribution in [0.3, 0.4) is 0 Å². The Bertz CT molecular complexity index is 704. The lowest BCUT2D eigenvalue weighted by molar-refractivity contribution is 0.560. The van der Waals surface area contributed by atoms with Crippen molar-refractivity contribution in [2.75, 3.05) is 0 Å². The van der Waals surface area contributed by atoms with E-state index in [1.54, 1.807) is 16.0 Å². The molecule has 0 bridgehead atoms. The molecule has 3 rings (SSSR count). The van der Waals surface area contributed by atoms with Crippen molar-refractivity contribution in [3.63, 3.8) is 0 Å². The van der Waals surface area contributed by atoms with E-state index in [1.165, 1.54) is 0 Å². The van der Waals surface area contributed by atoms with Crippen molar-refractivity contribution in [3.05, 3.63) is 41.2 Å². The third-order valence-electron chi connectivity index (χ3n) is 2.90. The molecule has 1 aromatic carbocycles. The molecule has 0 unspecified atom stereocenters. The molecular weight excluding hydrogens is 278 g/mol. The minimum absolute atomic E-state index is 0.0222. The largest absolute Gasteiger partial charge is 0.218 e. The third-order valence-corrected chi connectivity index (χ3v) is 4.18. The minimum atomic E-state index is -0.0222. The van der Waals surface area contributed by atoms with Crippen LogP contribution in [0.2, 0.25) is 5.15 Å². The van der Waals surface area contributed by atoms with Gasteiger partial charge >= 0.3 is 0 Å². The number of fused-ring (bicyclic) bond motifs is 1. The Morgan fingerprint density at radius 2 is 1.95 bits per heavy atom. The summed E-state index contributed by atoms with van der Waals surface area (Å²) in [6.45, 7) is 6.36. The van der Waals surface area contributed by atoms with Crippen LogP contribution in [0.25, 0.3) is 15.3 Å². The minimum Gasteiger partial charge on any atom is -0.218 e. The number of hydrogen-bond donors (Lipinski definition) is 0. The van der Waals surface area contributed by atoms with Crippen molar-refractivity contribution in [3.8, 4) is 5.13 Å². The highest BCUT2D eigenvalue weighted by Gasteiger charge is 2.20. The van der Waals surface area contributed by atoms with Crippen molar-refractivity contribution in [2.24, 2.45) is 0 Å². The average molecular weight is 292 g/mol. The van der Waals surface area contributed by atoms with Gasteiger partial charge in [0.1, 0.15) is 5.15 Å². The summed E-state index contributed by atoms with van der Waals surface area (Å²) >= 11 is 7.87. The lowest BCUT2D eigenvalue weighted by Gasteiger charge is -2.13. The second-order valence-corrected chi connectivity index (χ2v) is 6.87. The van der Waals surface area contributed by atoms with Gasteiger partial charge in [-0.3, -0.25) is 0 Å². The Morgan fingerprint density at radius 1 is 1.21 bits per heavy atom. The van der Waals surface area contributed by atoms with Crippen molar-refractivity contribution in [1.82, 2.24) is 14.8 Å². The molecule has 0 fully saturated rings. The number of thiazole rings is 1. The zero-order valence-electron chi connectivity index (χ0n) is 11.0. The maximum atomic E-state index is 6.28. The van der Waals surface area contributed by atoms with Gasteiger partial charge in [-0.1, -0.05) is 55.8 Å². The molecule has 0 saturated heterocycles. The van der Waals surface area contributed by atoms with Crippen LogP contribution in [0.5, 0.6) is 0 Å². The van der Waals surface area contributed by atoms with Gasteiger partial charge in [0, 0.05) is 5.41 Å². The SMILES string of the molecule is CC(C)(C)c1cc(Cl)n(-c2nc3ccccc3s2)n1. The summed E-state index contributed by atoms with van der Waals surface area (Å²) in [5, 5.41) is 5.99. The molecule has 0 aliphatic carbocycles. The molecule has 2 heterocycles. The predicted octanol–water partition coefficient (Wildman–Crippen LogP) is 4.43. The number of benzene rings is 1. The molecule has 0 spiro atoms. The molecule has 5 heteroatoms. The molecular formula is C14H14ClN3S. The number of aromatic nitrogens is 3. The first-order valence-corrected chi connectivity index (χ1v) is 7.26. The van der Waals surface area contributed by atoms with Crippen LogP contribution in [-0.2, 0) is 5.41 Å². The second-order valence-electron chi connectivity index (χ2n) is 5.48. The topological polar surface area (TPSA) is 30.7 Å². The maximum Gasteiger partial charge on any atom is 0.212 e. The van der Waals surface area contributed by atoms with Gasteiger partial charge < -0.3 is 0 Å². The quantitative estimate of drug-likeness (QED) is 0.664. The molecule has 0 aliphatic heterocycles. The number of para-hydroxylation sites is 1. The van der Waals surface area contributed by atoms with E-state index in [9.17, 15) is 0 Å². The fraction of sp³-hybridized carbons (Fsp3) is 0.286. The van der Waals surface area contributed by atoms with E-state index < -0.39 is 0 Å². The van der Waals surface area contributed by atoms with Gasteiger partial charge in [-0.15, -0.1) is 0 Å². The average Bonchev–Trinajstić information content (AvgIpc) is 2.90. The summed E-state index contributed by atoms with van der Waals surface area (Å²) in [5.74, 6) is 0. The van der Waals surface area contributed by atoms with Crippen LogP contribution in [0.4, 0.5) is 0 Å². The summed E-state index contributed by atoms with van der Waals surface area (Å²) in [7, 11) is 0. The zero-order valence-corrected chi connectivity index (χ0v) is 12.6. The van der Waals surface area contributed by atoms with Gasteiger partial charge in [0.15, 0.2) is 0 Å². The molecule has 0 aliphatic rings. The summed E-state index contributed by atoms with van der Waals surface area (Å²) in [6, 6.07) is 9.95. The van der Waals surface area contributed by atoms with Crippen LogP contribution in [-0.4, -0.2) is 14.8 Å². The van der Waals surface area contributed by atoms with Gasteiger partial charge in [-0.2, -0.15) is 9.78 Å². The number of hydrogen-bond acceptors (Lipinski definition) is 3. The lowest BCUT2D eigenvalue weighted by atomic mass is 9.93. The highest BCUT2D eigenvalue weighted by Crippen LogP contribution is 2.29. The molecule has 98 valence electrons. The van der Waals surface area contributed by atoms with E-state index in [1.807, 2.05) is 24.3 Å². The molecule has 3 aromatic rings. The van der Waals surface area contributed by atoms with Gasteiger partial charge in [-0.05, 0) is 18.2 Å². The van der Waals surface area contributed by atoms with Gasteiger partial charge in [-0.25, -0.2) is 4.98 Å². The van der Waals surface area contributed by atoms with E-state index in [4.69, 9.17) is 11.6 Å². The van der Waals surface area contributed by atoms with Crippen molar-refractivity contribution >= 4 is 33.2 Å². The maximum absolute atomic E-state index is 6.28. The van der Waals surface area contributed by atoms with Crippen LogP contribution in [0, 0.1) is 0 Å². The summed E-state index contributed by atoms with van der Waals surface area (Å²) in [5.41, 5.74) is 1.93. The summed E-state index contributed by atoms with van der Waals surface area (Å²) in [4.78, 5) is 4.57. The van der Waals surface area contributed by atoms with Crippen molar-refractivity contribution in [2.45, 2.75) is 26.2 Å². The number of rotatable bonds is 1. The third kappa shape index (κ3) is 2.26. The number of halogens is 1. The molecule has 0 saturated carbocycles. The first kappa shape index (κ1) is 12.6. The van der Waals surface area contributed by atoms with Crippen molar-refractivity contribution in [1.29, 1.82) is 0 Å². The number of nitrogens with zero attached hydrogens (tertiary/aromatic N) is 3. The monoisotopic (exact) mass is 291 g/mol. The second kappa shape index (κ2) is 4.32. The smallest absolute Gasteiger partial charge is 0.212 e. The molecule has 0 radical (unpaired) electrons. The Labute approximate surface area is 120 Å². The Hall–Kier alpha value is -1.39. The highest BCUT2D eigenvalue weighted by molar-refractivity contribution is 7.20. The van der Waals surface area contributed by atoms with E-state index in [0.29, 0.717) is 5.15 Å².